The summed E-state index contributed by atoms with van der Waals surface area (Å²) in [5.41, 5.74) is 2.02. The maximum Gasteiger partial charge on any atom is 0.223 e. The first-order chi connectivity index (χ1) is 11.6. The van der Waals surface area contributed by atoms with Crippen LogP contribution in [0.1, 0.15) is 35.8 Å². The van der Waals surface area contributed by atoms with E-state index in [0.29, 0.717) is 0 Å². The van der Waals surface area contributed by atoms with E-state index < -0.39 is 0 Å². The van der Waals surface area contributed by atoms with Crippen LogP contribution in [0.3, 0.4) is 0 Å². The highest BCUT2D eigenvalue weighted by Crippen LogP contribution is 2.32. The number of likely N-dealkylation sites (tertiary alicyclic amines) is 1. The van der Waals surface area contributed by atoms with Crippen LogP contribution in [0.15, 0.2) is 23.2 Å². The third-order valence-corrected chi connectivity index (χ3v) is 5.08. The standard InChI is InChI=1S/C17H23N5O2/c1-11-10-24-20-14(11)8-22-7-13(16-18-5-6-21(16)2)15(9-22)19-17(23)12-3-4-12/h5-6,10,12-13,15H,3-4,7-9H2,1-2H3,(H,19,23)/t13-,15-/m1/s1. The number of nitrogens with zero attached hydrogens (tertiary/aromatic N) is 4. The predicted octanol–water partition coefficient (Wildman–Crippen LogP) is 1.21. The van der Waals surface area contributed by atoms with Gasteiger partial charge in [0.05, 0.1) is 12.0 Å². The first-order valence-electron chi connectivity index (χ1n) is 8.51. The summed E-state index contributed by atoms with van der Waals surface area (Å²) in [5.74, 6) is 1.63. The Hall–Kier alpha value is -2.15. The van der Waals surface area contributed by atoms with E-state index in [1.54, 1.807) is 6.26 Å². The molecule has 4 rings (SSSR count). The molecule has 24 heavy (non-hydrogen) atoms. The maximum absolute atomic E-state index is 12.3. The van der Waals surface area contributed by atoms with Gasteiger partial charge >= 0.3 is 0 Å². The third-order valence-electron chi connectivity index (χ3n) is 5.08. The van der Waals surface area contributed by atoms with Gasteiger partial charge < -0.3 is 14.4 Å². The largest absolute Gasteiger partial charge is 0.364 e. The molecule has 1 saturated carbocycles. The number of hydrogen-bond acceptors (Lipinski definition) is 5. The summed E-state index contributed by atoms with van der Waals surface area (Å²) in [6.45, 7) is 4.40. The Kier molecular flexibility index (Phi) is 3.88. The Morgan fingerprint density at radius 1 is 1.42 bits per heavy atom. The van der Waals surface area contributed by atoms with Crippen molar-refractivity contribution in [2.45, 2.75) is 38.3 Å². The minimum atomic E-state index is 0.0893. The van der Waals surface area contributed by atoms with Gasteiger partial charge in [0.2, 0.25) is 5.91 Å². The fraction of sp³-hybridized carbons (Fsp3) is 0.588. The topological polar surface area (TPSA) is 76.2 Å². The molecule has 3 heterocycles. The molecule has 7 heteroatoms. The number of amides is 1. The summed E-state index contributed by atoms with van der Waals surface area (Å²) >= 11 is 0. The Bertz CT molecular complexity index is 733. The van der Waals surface area contributed by atoms with Gasteiger partial charge in [-0.1, -0.05) is 5.16 Å². The number of nitrogens with one attached hydrogen (secondary N) is 1. The summed E-state index contributed by atoms with van der Waals surface area (Å²) in [5, 5.41) is 7.34. The van der Waals surface area contributed by atoms with E-state index in [9.17, 15) is 4.79 Å². The molecule has 1 aliphatic carbocycles. The van der Waals surface area contributed by atoms with Gasteiger partial charge in [-0.05, 0) is 19.8 Å². The fourth-order valence-corrected chi connectivity index (χ4v) is 3.48. The molecule has 7 nitrogen and oxygen atoms in total. The van der Waals surface area contributed by atoms with Crippen molar-refractivity contribution in [3.05, 3.63) is 35.7 Å². The summed E-state index contributed by atoms with van der Waals surface area (Å²) in [6.07, 6.45) is 7.49. The van der Waals surface area contributed by atoms with Crippen LogP contribution in [0.2, 0.25) is 0 Å². The molecule has 0 bridgehead atoms. The Labute approximate surface area is 141 Å². The number of aryl methyl sites for hydroxylation is 2. The lowest BCUT2D eigenvalue weighted by molar-refractivity contribution is -0.123. The molecule has 0 aromatic carbocycles. The Balaban J connectivity index is 1.51. The van der Waals surface area contributed by atoms with E-state index in [2.05, 4.69) is 20.4 Å². The van der Waals surface area contributed by atoms with Crippen molar-refractivity contribution in [2.75, 3.05) is 13.1 Å². The number of hydrogen-bond donors (Lipinski definition) is 1. The smallest absolute Gasteiger partial charge is 0.223 e. The molecule has 0 unspecified atom stereocenters. The molecule has 1 saturated heterocycles. The number of imidazole rings is 1. The second-order valence-electron chi connectivity index (χ2n) is 7.03. The number of carbonyl (C=O) groups excluding carboxylic acids is 1. The molecule has 128 valence electrons. The zero-order valence-corrected chi connectivity index (χ0v) is 14.1. The van der Waals surface area contributed by atoms with Gasteiger partial charge in [-0.25, -0.2) is 4.98 Å². The van der Waals surface area contributed by atoms with Crippen LogP contribution < -0.4 is 5.32 Å². The molecule has 2 fully saturated rings. The number of carbonyl (C=O) groups is 1. The molecule has 2 aromatic heterocycles. The summed E-state index contributed by atoms with van der Waals surface area (Å²) in [4.78, 5) is 19.1. The second kappa shape index (κ2) is 6.05. The van der Waals surface area contributed by atoms with E-state index in [0.717, 1.165) is 49.6 Å². The van der Waals surface area contributed by atoms with Crippen molar-refractivity contribution in [3.8, 4) is 0 Å². The maximum atomic E-state index is 12.3. The van der Waals surface area contributed by atoms with Gasteiger partial charge in [-0.2, -0.15) is 0 Å². The van der Waals surface area contributed by atoms with Crippen molar-refractivity contribution in [2.24, 2.45) is 13.0 Å². The summed E-state index contributed by atoms with van der Waals surface area (Å²) in [6, 6.07) is 0.0893. The van der Waals surface area contributed by atoms with Crippen LogP contribution in [-0.2, 0) is 18.4 Å². The van der Waals surface area contributed by atoms with E-state index in [-0.39, 0.29) is 23.8 Å². The minimum absolute atomic E-state index is 0.0893. The van der Waals surface area contributed by atoms with E-state index in [4.69, 9.17) is 4.52 Å². The van der Waals surface area contributed by atoms with Crippen LogP contribution in [0.5, 0.6) is 0 Å². The monoisotopic (exact) mass is 329 g/mol. The highest BCUT2D eigenvalue weighted by molar-refractivity contribution is 5.81. The quantitative estimate of drug-likeness (QED) is 0.892. The lowest BCUT2D eigenvalue weighted by atomic mass is 10.0. The molecule has 1 N–H and O–H groups in total. The zero-order valence-electron chi connectivity index (χ0n) is 14.1. The van der Waals surface area contributed by atoms with Crippen LogP contribution in [0.4, 0.5) is 0 Å². The van der Waals surface area contributed by atoms with Crippen LogP contribution in [0.25, 0.3) is 0 Å². The highest BCUT2D eigenvalue weighted by Gasteiger charge is 2.39. The van der Waals surface area contributed by atoms with Crippen molar-refractivity contribution >= 4 is 5.91 Å². The molecule has 0 spiro atoms. The SMILES string of the molecule is Cc1conc1CN1C[C@@H](NC(=O)C2CC2)[C@H](c2nccn2C)C1. The molecule has 2 atom stereocenters. The fourth-order valence-electron chi connectivity index (χ4n) is 3.48. The molecule has 1 aliphatic heterocycles. The lowest BCUT2D eigenvalue weighted by Gasteiger charge is -2.19. The molecule has 0 radical (unpaired) electrons. The molecular formula is C17H23N5O2. The number of aromatic nitrogens is 3. The molecular weight excluding hydrogens is 306 g/mol. The van der Waals surface area contributed by atoms with Gasteiger partial charge in [0, 0.05) is 50.6 Å². The van der Waals surface area contributed by atoms with Crippen molar-refractivity contribution in [3.63, 3.8) is 0 Å². The summed E-state index contributed by atoms with van der Waals surface area (Å²) < 4.78 is 7.09. The average Bonchev–Trinajstić information content (AvgIpc) is 3.05. The molecule has 2 aliphatic rings. The minimum Gasteiger partial charge on any atom is -0.364 e. The average molecular weight is 329 g/mol. The Morgan fingerprint density at radius 3 is 2.88 bits per heavy atom. The van der Waals surface area contributed by atoms with Crippen LogP contribution in [0, 0.1) is 12.8 Å². The highest BCUT2D eigenvalue weighted by atomic mass is 16.5. The normalized spacial score (nSPS) is 24.4. The molecule has 1 amide bonds. The van der Waals surface area contributed by atoms with E-state index in [1.807, 2.05) is 30.9 Å². The predicted molar refractivity (Wildman–Crippen MR) is 87.1 cm³/mol. The van der Waals surface area contributed by atoms with Gasteiger partial charge in [0.15, 0.2) is 0 Å². The van der Waals surface area contributed by atoms with Gasteiger partial charge in [0.25, 0.3) is 0 Å². The first kappa shape index (κ1) is 15.4. The van der Waals surface area contributed by atoms with Crippen LogP contribution in [-0.4, -0.2) is 44.6 Å². The van der Waals surface area contributed by atoms with E-state index >= 15 is 0 Å². The van der Waals surface area contributed by atoms with Crippen molar-refractivity contribution < 1.29 is 9.32 Å². The van der Waals surface area contributed by atoms with Crippen LogP contribution >= 0.6 is 0 Å². The third kappa shape index (κ3) is 2.96. The second-order valence-corrected chi connectivity index (χ2v) is 7.03. The van der Waals surface area contributed by atoms with Crippen molar-refractivity contribution in [1.29, 1.82) is 0 Å². The zero-order chi connectivity index (χ0) is 16.7. The first-order valence-corrected chi connectivity index (χ1v) is 8.51. The number of rotatable bonds is 5. The van der Waals surface area contributed by atoms with Gasteiger partial charge in [0.1, 0.15) is 17.8 Å². The lowest BCUT2D eigenvalue weighted by Crippen LogP contribution is -2.41. The van der Waals surface area contributed by atoms with Gasteiger partial charge in [-0.3, -0.25) is 9.69 Å². The van der Waals surface area contributed by atoms with E-state index in [1.165, 1.54) is 0 Å². The Morgan fingerprint density at radius 2 is 2.25 bits per heavy atom. The molecule has 2 aromatic rings. The van der Waals surface area contributed by atoms with Crippen molar-refractivity contribution in [1.82, 2.24) is 24.9 Å². The van der Waals surface area contributed by atoms with Gasteiger partial charge in [-0.15, -0.1) is 0 Å². The summed E-state index contributed by atoms with van der Waals surface area (Å²) in [7, 11) is 2.01.